The molecule has 0 fully saturated rings. The van der Waals surface area contributed by atoms with E-state index in [1.54, 1.807) is 16.2 Å². The van der Waals surface area contributed by atoms with Crippen LogP contribution < -0.4 is 11.0 Å². The summed E-state index contributed by atoms with van der Waals surface area (Å²) in [6.07, 6.45) is 0. The Balaban J connectivity index is 1.67. The lowest BCUT2D eigenvalue weighted by molar-refractivity contribution is 0.795. The van der Waals surface area contributed by atoms with Crippen molar-refractivity contribution in [2.75, 3.05) is 5.32 Å². The van der Waals surface area contributed by atoms with E-state index < -0.39 is 0 Å². The van der Waals surface area contributed by atoms with Crippen molar-refractivity contribution in [1.82, 2.24) is 9.13 Å². The zero-order valence-corrected chi connectivity index (χ0v) is 13.8. The Hall–Kier alpha value is -3.01. The molecule has 120 valence electrons. The van der Waals surface area contributed by atoms with Crippen molar-refractivity contribution in [2.45, 2.75) is 6.54 Å². The molecule has 0 saturated heterocycles. The zero-order valence-electron chi connectivity index (χ0n) is 13.8. The molecule has 0 saturated carbocycles. The molecule has 1 heterocycles. The van der Waals surface area contributed by atoms with Gasteiger partial charge in [0.1, 0.15) is 0 Å². The number of nitrogens with one attached hydrogen (secondary N) is 1. The average Bonchev–Trinajstić information content (AvgIpc) is 2.84. The third kappa shape index (κ3) is 2.27. The number of anilines is 1. The first-order valence-corrected chi connectivity index (χ1v) is 8.01. The lowest BCUT2D eigenvalue weighted by Gasteiger charge is -2.10. The van der Waals surface area contributed by atoms with E-state index in [2.05, 4.69) is 59.9 Å². The number of benzene rings is 3. The molecule has 0 radical (unpaired) electrons. The number of hydrogen-bond acceptors (Lipinski definition) is 2. The Morgan fingerprint density at radius 1 is 0.875 bits per heavy atom. The normalized spacial score (nSPS) is 11.2. The number of hydrogen-bond donors (Lipinski definition) is 1. The minimum atomic E-state index is 0.00385. The minimum absolute atomic E-state index is 0.00385. The molecule has 0 bridgehead atoms. The fourth-order valence-electron chi connectivity index (χ4n) is 3.24. The first-order valence-electron chi connectivity index (χ1n) is 8.01. The molecule has 0 aliphatic heterocycles. The predicted octanol–water partition coefficient (Wildman–Crippen LogP) is 3.64. The van der Waals surface area contributed by atoms with E-state index in [-0.39, 0.29) is 5.69 Å². The monoisotopic (exact) mass is 317 g/mol. The van der Waals surface area contributed by atoms with Crippen LogP contribution >= 0.6 is 0 Å². The summed E-state index contributed by atoms with van der Waals surface area (Å²) in [6.45, 7) is 0.715. The van der Waals surface area contributed by atoms with Gasteiger partial charge in [-0.1, -0.05) is 42.5 Å². The molecule has 0 aliphatic rings. The Morgan fingerprint density at radius 3 is 2.50 bits per heavy atom. The summed E-state index contributed by atoms with van der Waals surface area (Å²) in [5, 5.41) is 5.96. The molecule has 0 amide bonds. The maximum Gasteiger partial charge on any atom is 0.328 e. The second-order valence-corrected chi connectivity index (χ2v) is 6.10. The van der Waals surface area contributed by atoms with Gasteiger partial charge in [-0.05, 0) is 29.1 Å². The summed E-state index contributed by atoms with van der Waals surface area (Å²) in [5.41, 5.74) is 4.19. The Bertz CT molecular complexity index is 1100. The van der Waals surface area contributed by atoms with E-state index >= 15 is 0 Å². The van der Waals surface area contributed by atoms with Gasteiger partial charge in [0, 0.05) is 31.7 Å². The van der Waals surface area contributed by atoms with Crippen molar-refractivity contribution in [1.29, 1.82) is 0 Å². The highest BCUT2D eigenvalue weighted by molar-refractivity contribution is 5.93. The quantitative estimate of drug-likeness (QED) is 0.626. The van der Waals surface area contributed by atoms with Gasteiger partial charge in [0.05, 0.1) is 11.0 Å². The van der Waals surface area contributed by atoms with E-state index in [1.165, 1.54) is 10.8 Å². The molecule has 4 rings (SSSR count). The van der Waals surface area contributed by atoms with Crippen LogP contribution in [0.15, 0.2) is 65.5 Å². The molecular formula is C20H19N3O. The zero-order chi connectivity index (χ0) is 16.7. The van der Waals surface area contributed by atoms with Crippen LogP contribution in [0.25, 0.3) is 21.8 Å². The molecule has 3 aromatic carbocycles. The summed E-state index contributed by atoms with van der Waals surface area (Å²) in [6, 6.07) is 20.8. The van der Waals surface area contributed by atoms with E-state index in [0.717, 1.165) is 22.3 Å². The third-order valence-corrected chi connectivity index (χ3v) is 4.61. The summed E-state index contributed by atoms with van der Waals surface area (Å²) >= 11 is 0. The largest absolute Gasteiger partial charge is 0.380 e. The molecule has 0 aliphatic carbocycles. The highest BCUT2D eigenvalue weighted by Crippen LogP contribution is 2.24. The lowest BCUT2D eigenvalue weighted by atomic mass is 10.1. The Morgan fingerprint density at radius 2 is 1.62 bits per heavy atom. The predicted molar refractivity (Wildman–Crippen MR) is 99.4 cm³/mol. The molecule has 24 heavy (non-hydrogen) atoms. The maximum absolute atomic E-state index is 12.0. The van der Waals surface area contributed by atoms with Crippen molar-refractivity contribution in [2.24, 2.45) is 14.1 Å². The van der Waals surface area contributed by atoms with Gasteiger partial charge in [-0.15, -0.1) is 0 Å². The van der Waals surface area contributed by atoms with Crippen molar-refractivity contribution in [3.8, 4) is 0 Å². The Labute approximate surface area is 140 Å². The molecule has 0 atom stereocenters. The molecule has 1 aromatic heterocycles. The van der Waals surface area contributed by atoms with E-state index in [1.807, 2.05) is 13.1 Å². The number of fused-ring (bicyclic) bond motifs is 2. The molecule has 4 heteroatoms. The average molecular weight is 317 g/mol. The topological polar surface area (TPSA) is 39.0 Å². The van der Waals surface area contributed by atoms with Crippen molar-refractivity contribution < 1.29 is 0 Å². The van der Waals surface area contributed by atoms with Gasteiger partial charge in [0.25, 0.3) is 0 Å². The maximum atomic E-state index is 12.0. The van der Waals surface area contributed by atoms with E-state index in [4.69, 9.17) is 0 Å². The lowest BCUT2D eigenvalue weighted by Crippen LogP contribution is -2.19. The minimum Gasteiger partial charge on any atom is -0.380 e. The summed E-state index contributed by atoms with van der Waals surface area (Å²) in [7, 11) is 3.62. The Kier molecular flexibility index (Phi) is 3.38. The SMILES string of the molecule is Cn1c(=O)n(C)c2cc(CNc3cccc4ccccc34)ccc21. The standard InChI is InChI=1S/C20H19N3O/c1-22-18-11-10-14(12-19(18)23(2)20(22)24)13-21-17-9-5-7-15-6-3-4-8-16(15)17/h3-12,21H,13H2,1-2H3. The number of imidazole rings is 1. The van der Waals surface area contributed by atoms with Gasteiger partial charge in [0.15, 0.2) is 0 Å². The number of aromatic nitrogens is 2. The van der Waals surface area contributed by atoms with Crippen LogP contribution in [0, 0.1) is 0 Å². The van der Waals surface area contributed by atoms with Gasteiger partial charge in [-0.25, -0.2) is 4.79 Å². The first kappa shape index (κ1) is 14.6. The van der Waals surface area contributed by atoms with E-state index in [0.29, 0.717) is 6.54 Å². The molecule has 1 N–H and O–H groups in total. The van der Waals surface area contributed by atoms with Gasteiger partial charge in [-0.2, -0.15) is 0 Å². The van der Waals surface area contributed by atoms with Crippen LogP contribution in [0.5, 0.6) is 0 Å². The van der Waals surface area contributed by atoms with Crippen LogP contribution in [0.3, 0.4) is 0 Å². The van der Waals surface area contributed by atoms with Crippen LogP contribution in [0.1, 0.15) is 5.56 Å². The number of nitrogens with zero attached hydrogens (tertiary/aromatic N) is 2. The van der Waals surface area contributed by atoms with E-state index in [9.17, 15) is 4.79 Å². The van der Waals surface area contributed by atoms with Gasteiger partial charge >= 0.3 is 5.69 Å². The highest BCUT2D eigenvalue weighted by Gasteiger charge is 2.08. The number of aryl methyl sites for hydroxylation is 2. The smallest absolute Gasteiger partial charge is 0.328 e. The van der Waals surface area contributed by atoms with Crippen LogP contribution in [0.4, 0.5) is 5.69 Å². The van der Waals surface area contributed by atoms with Crippen LogP contribution in [-0.4, -0.2) is 9.13 Å². The first-order chi connectivity index (χ1) is 11.6. The summed E-state index contributed by atoms with van der Waals surface area (Å²) in [5.74, 6) is 0. The fourth-order valence-corrected chi connectivity index (χ4v) is 3.24. The molecular weight excluding hydrogens is 298 g/mol. The molecule has 0 unspecified atom stereocenters. The van der Waals surface area contributed by atoms with Gasteiger partial charge in [-0.3, -0.25) is 9.13 Å². The van der Waals surface area contributed by atoms with Crippen LogP contribution in [0.2, 0.25) is 0 Å². The van der Waals surface area contributed by atoms with Crippen molar-refractivity contribution in [3.63, 3.8) is 0 Å². The molecule has 0 spiro atoms. The van der Waals surface area contributed by atoms with Crippen molar-refractivity contribution >= 4 is 27.5 Å². The highest BCUT2D eigenvalue weighted by atomic mass is 16.1. The third-order valence-electron chi connectivity index (χ3n) is 4.61. The van der Waals surface area contributed by atoms with Gasteiger partial charge < -0.3 is 5.32 Å². The van der Waals surface area contributed by atoms with Crippen LogP contribution in [-0.2, 0) is 20.6 Å². The second kappa shape index (κ2) is 5.57. The van der Waals surface area contributed by atoms with Gasteiger partial charge in [0.2, 0.25) is 0 Å². The summed E-state index contributed by atoms with van der Waals surface area (Å²) in [4.78, 5) is 12.0. The second-order valence-electron chi connectivity index (χ2n) is 6.10. The fraction of sp³-hybridized carbons (Fsp3) is 0.150. The number of rotatable bonds is 3. The summed E-state index contributed by atoms with van der Waals surface area (Å²) < 4.78 is 3.37. The molecule has 4 aromatic rings. The van der Waals surface area contributed by atoms with Crippen molar-refractivity contribution in [3.05, 3.63) is 76.7 Å². The molecule has 4 nitrogen and oxygen atoms in total.